The Balaban J connectivity index is 1.59. The molecule has 0 unspecified atom stereocenters. The molecule has 1 aliphatic carbocycles. The van der Waals surface area contributed by atoms with Gasteiger partial charge in [-0.25, -0.2) is 4.68 Å². The van der Waals surface area contributed by atoms with Gasteiger partial charge in [-0.15, -0.1) is 0 Å². The lowest BCUT2D eigenvalue weighted by molar-refractivity contribution is -0.126. The zero-order chi connectivity index (χ0) is 17.1. The topological polar surface area (TPSA) is 67.2 Å². The van der Waals surface area contributed by atoms with Crippen molar-refractivity contribution in [1.82, 2.24) is 15.1 Å². The molecule has 1 aromatic rings. The molecule has 0 bridgehead atoms. The molecule has 132 valence electrons. The minimum Gasteiger partial charge on any atom is -0.369 e. The van der Waals surface area contributed by atoms with Crippen molar-refractivity contribution >= 4 is 11.6 Å². The number of hydrogen-bond donors (Lipinski definition) is 1. The van der Waals surface area contributed by atoms with Crippen molar-refractivity contribution in [2.45, 2.75) is 51.5 Å². The van der Waals surface area contributed by atoms with Crippen molar-refractivity contribution in [3.8, 4) is 0 Å². The summed E-state index contributed by atoms with van der Waals surface area (Å²) in [6, 6.07) is 1.95. The number of carbonyl (C=O) groups excluding carboxylic acids is 1. The Morgan fingerprint density at radius 2 is 2.00 bits per heavy atom. The maximum absolute atomic E-state index is 12.6. The first-order valence-corrected chi connectivity index (χ1v) is 9.11. The van der Waals surface area contributed by atoms with Crippen LogP contribution in [-0.2, 0) is 11.8 Å². The highest BCUT2D eigenvalue weighted by atomic mass is 16.2. The minimum atomic E-state index is -0.115. The van der Waals surface area contributed by atoms with E-state index in [-0.39, 0.29) is 17.4 Å². The summed E-state index contributed by atoms with van der Waals surface area (Å²) in [6.07, 6.45) is 8.22. The number of anilines is 1. The summed E-state index contributed by atoms with van der Waals surface area (Å²) in [7, 11) is 1.64. The lowest BCUT2D eigenvalue weighted by atomic mass is 9.87. The van der Waals surface area contributed by atoms with Gasteiger partial charge < -0.3 is 10.2 Å². The van der Waals surface area contributed by atoms with Crippen molar-refractivity contribution in [1.29, 1.82) is 0 Å². The molecule has 2 heterocycles. The van der Waals surface area contributed by atoms with Crippen LogP contribution in [0.3, 0.4) is 0 Å². The number of aryl methyl sites for hydroxylation is 1. The van der Waals surface area contributed by atoms with E-state index in [1.54, 1.807) is 19.3 Å². The van der Waals surface area contributed by atoms with Crippen LogP contribution in [0.15, 0.2) is 17.1 Å². The first kappa shape index (κ1) is 17.0. The predicted octanol–water partition coefficient (Wildman–Crippen LogP) is 1.69. The zero-order valence-corrected chi connectivity index (χ0v) is 14.7. The molecule has 2 aliphatic rings. The summed E-state index contributed by atoms with van der Waals surface area (Å²) in [5, 5.41) is 7.34. The second-order valence-corrected chi connectivity index (χ2v) is 7.43. The van der Waals surface area contributed by atoms with Gasteiger partial charge in [0.15, 0.2) is 0 Å². The average Bonchev–Trinajstić information content (AvgIpc) is 2.59. The van der Waals surface area contributed by atoms with E-state index >= 15 is 0 Å². The number of hydrogen-bond acceptors (Lipinski definition) is 4. The Morgan fingerprint density at radius 3 is 2.71 bits per heavy atom. The molecule has 1 saturated carbocycles. The highest BCUT2D eigenvalue weighted by Crippen LogP contribution is 2.25. The highest BCUT2D eigenvalue weighted by Gasteiger charge is 2.28. The highest BCUT2D eigenvalue weighted by molar-refractivity contribution is 5.80. The molecule has 3 rings (SSSR count). The Hall–Kier alpha value is -1.85. The molecule has 1 amide bonds. The van der Waals surface area contributed by atoms with E-state index in [2.05, 4.69) is 22.2 Å². The summed E-state index contributed by atoms with van der Waals surface area (Å²) < 4.78 is 1.32. The van der Waals surface area contributed by atoms with Gasteiger partial charge in [-0.05, 0) is 44.4 Å². The van der Waals surface area contributed by atoms with Gasteiger partial charge in [0.25, 0.3) is 5.56 Å². The molecule has 24 heavy (non-hydrogen) atoms. The quantitative estimate of drug-likeness (QED) is 0.915. The van der Waals surface area contributed by atoms with Gasteiger partial charge in [0.1, 0.15) is 0 Å². The Labute approximate surface area is 143 Å². The third kappa shape index (κ3) is 3.97. The normalized spacial score (nSPS) is 27.8. The first-order valence-electron chi connectivity index (χ1n) is 9.11. The number of carbonyl (C=O) groups is 1. The SMILES string of the molecule is CC1CCC(NC(=O)[C@H]2CCCN(c3cnn(C)c(=O)c3)C2)CC1. The van der Waals surface area contributed by atoms with Crippen LogP contribution in [0.5, 0.6) is 0 Å². The second kappa shape index (κ2) is 7.36. The molecular weight excluding hydrogens is 304 g/mol. The molecule has 0 spiro atoms. The molecule has 1 aliphatic heterocycles. The Kier molecular flexibility index (Phi) is 5.21. The van der Waals surface area contributed by atoms with Crippen LogP contribution in [0, 0.1) is 11.8 Å². The molecule has 1 atom stereocenters. The van der Waals surface area contributed by atoms with Crippen molar-refractivity contribution in [2.75, 3.05) is 18.0 Å². The molecule has 0 aromatic carbocycles. The Bertz CT molecular complexity index is 634. The first-order chi connectivity index (χ1) is 11.5. The maximum atomic E-state index is 12.6. The van der Waals surface area contributed by atoms with Gasteiger partial charge in [0.05, 0.1) is 17.8 Å². The molecule has 6 heteroatoms. The lowest BCUT2D eigenvalue weighted by Gasteiger charge is -2.35. The standard InChI is InChI=1S/C18H28N4O2/c1-13-5-7-15(8-6-13)20-18(24)14-4-3-9-22(12-14)16-10-17(23)21(2)19-11-16/h10-11,13-15H,3-9,12H2,1-2H3,(H,20,24)/t13?,14-,15?/m0/s1. The van der Waals surface area contributed by atoms with Crippen molar-refractivity contribution in [2.24, 2.45) is 18.9 Å². The van der Waals surface area contributed by atoms with Gasteiger partial charge in [-0.1, -0.05) is 6.92 Å². The third-order valence-electron chi connectivity index (χ3n) is 5.47. The van der Waals surface area contributed by atoms with Crippen LogP contribution in [0.4, 0.5) is 5.69 Å². The largest absolute Gasteiger partial charge is 0.369 e. The van der Waals surface area contributed by atoms with Crippen LogP contribution in [0.25, 0.3) is 0 Å². The molecule has 1 N–H and O–H groups in total. The number of aromatic nitrogens is 2. The van der Waals surface area contributed by atoms with E-state index in [0.717, 1.165) is 43.8 Å². The maximum Gasteiger partial charge on any atom is 0.268 e. The fraction of sp³-hybridized carbons (Fsp3) is 0.722. The van der Waals surface area contributed by atoms with E-state index in [1.807, 2.05) is 0 Å². The predicted molar refractivity (Wildman–Crippen MR) is 94.0 cm³/mol. The zero-order valence-electron chi connectivity index (χ0n) is 14.7. The van der Waals surface area contributed by atoms with Crippen molar-refractivity contribution < 1.29 is 4.79 Å². The van der Waals surface area contributed by atoms with Gasteiger partial charge in [-0.3, -0.25) is 9.59 Å². The van der Waals surface area contributed by atoms with E-state index in [4.69, 9.17) is 0 Å². The van der Waals surface area contributed by atoms with Crippen LogP contribution in [0.2, 0.25) is 0 Å². The molecule has 1 saturated heterocycles. The number of piperidine rings is 1. The van der Waals surface area contributed by atoms with Gasteiger partial charge in [0.2, 0.25) is 5.91 Å². The molecular formula is C18H28N4O2. The molecule has 1 aromatic heterocycles. The Morgan fingerprint density at radius 1 is 1.25 bits per heavy atom. The molecule has 0 radical (unpaired) electrons. The van der Waals surface area contributed by atoms with Crippen LogP contribution in [0.1, 0.15) is 45.4 Å². The van der Waals surface area contributed by atoms with E-state index < -0.39 is 0 Å². The van der Waals surface area contributed by atoms with Gasteiger partial charge in [0, 0.05) is 32.2 Å². The van der Waals surface area contributed by atoms with Gasteiger partial charge >= 0.3 is 0 Å². The van der Waals surface area contributed by atoms with Crippen molar-refractivity contribution in [3.05, 3.63) is 22.6 Å². The van der Waals surface area contributed by atoms with Crippen LogP contribution in [-0.4, -0.2) is 34.8 Å². The van der Waals surface area contributed by atoms with Gasteiger partial charge in [-0.2, -0.15) is 5.10 Å². The van der Waals surface area contributed by atoms with Crippen LogP contribution >= 0.6 is 0 Å². The molecule has 6 nitrogen and oxygen atoms in total. The molecule has 2 fully saturated rings. The van der Waals surface area contributed by atoms with E-state index in [1.165, 1.54) is 17.5 Å². The van der Waals surface area contributed by atoms with Crippen molar-refractivity contribution in [3.63, 3.8) is 0 Å². The summed E-state index contributed by atoms with van der Waals surface area (Å²) >= 11 is 0. The smallest absolute Gasteiger partial charge is 0.268 e. The fourth-order valence-electron chi connectivity index (χ4n) is 3.78. The average molecular weight is 332 g/mol. The fourth-order valence-corrected chi connectivity index (χ4v) is 3.78. The number of nitrogens with zero attached hydrogens (tertiary/aromatic N) is 3. The number of nitrogens with one attached hydrogen (secondary N) is 1. The summed E-state index contributed by atoms with van der Waals surface area (Å²) in [5.74, 6) is 0.967. The monoisotopic (exact) mass is 332 g/mol. The van der Waals surface area contributed by atoms with Crippen LogP contribution < -0.4 is 15.8 Å². The minimum absolute atomic E-state index is 0.00200. The van der Waals surface area contributed by atoms with E-state index in [0.29, 0.717) is 12.6 Å². The second-order valence-electron chi connectivity index (χ2n) is 7.43. The van der Waals surface area contributed by atoms with E-state index in [9.17, 15) is 9.59 Å². The number of rotatable bonds is 3. The third-order valence-corrected chi connectivity index (χ3v) is 5.47. The summed E-state index contributed by atoms with van der Waals surface area (Å²) in [5.41, 5.74) is 0.706. The number of amides is 1. The summed E-state index contributed by atoms with van der Waals surface area (Å²) in [6.45, 7) is 3.83. The summed E-state index contributed by atoms with van der Waals surface area (Å²) in [4.78, 5) is 26.5. The lowest BCUT2D eigenvalue weighted by Crippen LogP contribution is -2.47.